The van der Waals surface area contributed by atoms with Crippen LogP contribution in [0.25, 0.3) is 0 Å². The van der Waals surface area contributed by atoms with Crippen LogP contribution in [0.3, 0.4) is 0 Å². The quantitative estimate of drug-likeness (QED) is 0.907. The highest BCUT2D eigenvalue weighted by Crippen LogP contribution is 2.37. The number of hydrogen-bond donors (Lipinski definition) is 1. The Morgan fingerprint density at radius 1 is 1.20 bits per heavy atom. The molecule has 5 nitrogen and oxygen atoms in total. The van der Waals surface area contributed by atoms with Gasteiger partial charge in [0.25, 0.3) is 0 Å². The van der Waals surface area contributed by atoms with Crippen molar-refractivity contribution in [1.29, 1.82) is 0 Å². The van der Waals surface area contributed by atoms with Gasteiger partial charge in [-0.25, -0.2) is 0 Å². The molecule has 1 N–H and O–H groups in total. The maximum absolute atomic E-state index is 5.49. The van der Waals surface area contributed by atoms with Gasteiger partial charge in [-0.3, -0.25) is 4.68 Å². The summed E-state index contributed by atoms with van der Waals surface area (Å²) in [5.41, 5.74) is 3.02. The largest absolute Gasteiger partial charge is 0.496 e. The predicted octanol–water partition coefficient (Wildman–Crippen LogP) is 2.05. The molecule has 0 spiro atoms. The Kier molecular flexibility index (Phi) is 4.29. The minimum absolute atomic E-state index is 0.0488. The molecular formula is C15H21N3O2. The summed E-state index contributed by atoms with van der Waals surface area (Å²) in [6.45, 7) is 1.98. The Balaban J connectivity index is 2.59. The van der Waals surface area contributed by atoms with E-state index in [1.165, 1.54) is 0 Å². The summed E-state index contributed by atoms with van der Waals surface area (Å²) < 4.78 is 12.9. The molecule has 2 rings (SSSR count). The van der Waals surface area contributed by atoms with E-state index in [0.29, 0.717) is 0 Å². The van der Waals surface area contributed by atoms with E-state index in [2.05, 4.69) is 16.5 Å². The summed E-state index contributed by atoms with van der Waals surface area (Å²) in [5.74, 6) is 1.59. The SMILES string of the molecule is CNC(c1c(OC)cccc1OC)c1cc(C)nn1C. The smallest absolute Gasteiger partial charge is 0.127 e. The summed E-state index contributed by atoms with van der Waals surface area (Å²) in [6, 6.07) is 7.80. The number of aromatic nitrogens is 2. The van der Waals surface area contributed by atoms with Gasteiger partial charge in [-0.1, -0.05) is 6.07 Å². The lowest BCUT2D eigenvalue weighted by Crippen LogP contribution is -2.22. The molecule has 1 atom stereocenters. The average molecular weight is 275 g/mol. The number of ether oxygens (including phenoxy) is 2. The number of hydrogen-bond acceptors (Lipinski definition) is 4. The summed E-state index contributed by atoms with van der Waals surface area (Å²) in [6.07, 6.45) is 0. The zero-order valence-electron chi connectivity index (χ0n) is 12.6. The van der Waals surface area contributed by atoms with Crippen molar-refractivity contribution in [2.75, 3.05) is 21.3 Å². The van der Waals surface area contributed by atoms with Gasteiger partial charge in [0.1, 0.15) is 11.5 Å². The third kappa shape index (κ3) is 2.49. The van der Waals surface area contributed by atoms with Gasteiger partial charge < -0.3 is 14.8 Å². The summed E-state index contributed by atoms with van der Waals surface area (Å²) in [7, 11) is 7.19. The molecule has 0 amide bonds. The summed E-state index contributed by atoms with van der Waals surface area (Å²) in [5, 5.41) is 7.73. The van der Waals surface area contributed by atoms with Crippen LogP contribution in [0.15, 0.2) is 24.3 Å². The number of nitrogens with zero attached hydrogens (tertiary/aromatic N) is 2. The minimum Gasteiger partial charge on any atom is -0.496 e. The molecule has 1 aromatic carbocycles. The second kappa shape index (κ2) is 5.96. The van der Waals surface area contributed by atoms with E-state index in [1.807, 2.05) is 43.9 Å². The van der Waals surface area contributed by atoms with Crippen LogP contribution in [-0.4, -0.2) is 31.0 Å². The molecule has 1 unspecified atom stereocenters. The molecule has 2 aromatic rings. The van der Waals surface area contributed by atoms with E-state index >= 15 is 0 Å². The standard InChI is InChI=1S/C15H21N3O2/c1-10-9-11(18(3)17-10)15(16-2)14-12(19-4)7-6-8-13(14)20-5/h6-9,15-16H,1-5H3. The maximum Gasteiger partial charge on any atom is 0.127 e. The molecule has 0 aliphatic heterocycles. The summed E-state index contributed by atoms with van der Waals surface area (Å²) in [4.78, 5) is 0. The second-order valence-corrected chi connectivity index (χ2v) is 4.63. The molecule has 0 fully saturated rings. The molecule has 20 heavy (non-hydrogen) atoms. The van der Waals surface area contributed by atoms with E-state index in [1.54, 1.807) is 14.2 Å². The lowest BCUT2D eigenvalue weighted by molar-refractivity contribution is 0.377. The topological polar surface area (TPSA) is 48.3 Å². The van der Waals surface area contributed by atoms with Gasteiger partial charge in [-0.15, -0.1) is 0 Å². The van der Waals surface area contributed by atoms with Crippen LogP contribution < -0.4 is 14.8 Å². The molecule has 0 bridgehead atoms. The van der Waals surface area contributed by atoms with Crippen LogP contribution in [-0.2, 0) is 7.05 Å². The first-order valence-electron chi connectivity index (χ1n) is 6.51. The normalized spacial score (nSPS) is 12.2. The fourth-order valence-electron chi connectivity index (χ4n) is 2.51. The van der Waals surface area contributed by atoms with Crippen LogP contribution in [0.2, 0.25) is 0 Å². The second-order valence-electron chi connectivity index (χ2n) is 4.63. The highest BCUT2D eigenvalue weighted by Gasteiger charge is 2.24. The number of benzene rings is 1. The zero-order chi connectivity index (χ0) is 14.7. The predicted molar refractivity (Wildman–Crippen MR) is 78.4 cm³/mol. The molecule has 108 valence electrons. The van der Waals surface area contributed by atoms with Gasteiger partial charge in [0.05, 0.1) is 37.2 Å². The third-order valence-corrected chi connectivity index (χ3v) is 3.38. The Morgan fingerprint density at radius 2 is 1.80 bits per heavy atom. The van der Waals surface area contributed by atoms with Crippen LogP contribution in [0.4, 0.5) is 0 Å². The van der Waals surface area contributed by atoms with Crippen LogP contribution >= 0.6 is 0 Å². The van der Waals surface area contributed by atoms with E-state index < -0.39 is 0 Å². The van der Waals surface area contributed by atoms with Crippen molar-refractivity contribution in [3.63, 3.8) is 0 Å². The highest BCUT2D eigenvalue weighted by molar-refractivity contribution is 5.49. The molecule has 0 aliphatic rings. The van der Waals surface area contributed by atoms with Crippen LogP contribution in [0.1, 0.15) is 23.0 Å². The number of methoxy groups -OCH3 is 2. The highest BCUT2D eigenvalue weighted by atomic mass is 16.5. The van der Waals surface area contributed by atoms with Crippen molar-refractivity contribution in [3.8, 4) is 11.5 Å². The van der Waals surface area contributed by atoms with Crippen molar-refractivity contribution in [1.82, 2.24) is 15.1 Å². The average Bonchev–Trinajstić information content (AvgIpc) is 2.78. The van der Waals surface area contributed by atoms with E-state index in [4.69, 9.17) is 9.47 Å². The minimum atomic E-state index is -0.0488. The van der Waals surface area contributed by atoms with Gasteiger partial charge in [0.15, 0.2) is 0 Å². The Bertz CT molecular complexity index is 571. The van der Waals surface area contributed by atoms with Gasteiger partial charge >= 0.3 is 0 Å². The Morgan fingerprint density at radius 3 is 2.20 bits per heavy atom. The maximum atomic E-state index is 5.49. The monoisotopic (exact) mass is 275 g/mol. The van der Waals surface area contributed by atoms with Crippen molar-refractivity contribution in [3.05, 3.63) is 41.2 Å². The van der Waals surface area contributed by atoms with Crippen LogP contribution in [0.5, 0.6) is 11.5 Å². The fourth-order valence-corrected chi connectivity index (χ4v) is 2.51. The van der Waals surface area contributed by atoms with Crippen molar-refractivity contribution in [2.24, 2.45) is 7.05 Å². The molecule has 0 saturated heterocycles. The fraction of sp³-hybridized carbons (Fsp3) is 0.400. The zero-order valence-corrected chi connectivity index (χ0v) is 12.6. The number of rotatable bonds is 5. The van der Waals surface area contributed by atoms with E-state index in [-0.39, 0.29) is 6.04 Å². The molecule has 1 aromatic heterocycles. The molecular weight excluding hydrogens is 254 g/mol. The lowest BCUT2D eigenvalue weighted by atomic mass is 10.0. The first kappa shape index (κ1) is 14.4. The van der Waals surface area contributed by atoms with E-state index in [0.717, 1.165) is 28.5 Å². The third-order valence-electron chi connectivity index (χ3n) is 3.38. The molecule has 1 heterocycles. The van der Waals surface area contributed by atoms with Crippen LogP contribution in [0, 0.1) is 6.92 Å². The Hall–Kier alpha value is -2.01. The first-order valence-corrected chi connectivity index (χ1v) is 6.51. The first-order chi connectivity index (χ1) is 9.62. The van der Waals surface area contributed by atoms with Crippen molar-refractivity contribution in [2.45, 2.75) is 13.0 Å². The van der Waals surface area contributed by atoms with Gasteiger partial charge in [-0.05, 0) is 32.2 Å². The molecule has 0 saturated carbocycles. The lowest BCUT2D eigenvalue weighted by Gasteiger charge is -2.22. The Labute approximate surface area is 119 Å². The summed E-state index contributed by atoms with van der Waals surface area (Å²) >= 11 is 0. The molecule has 5 heteroatoms. The molecule has 0 radical (unpaired) electrons. The van der Waals surface area contributed by atoms with Crippen molar-refractivity contribution >= 4 is 0 Å². The molecule has 0 aliphatic carbocycles. The van der Waals surface area contributed by atoms with E-state index in [9.17, 15) is 0 Å². The van der Waals surface area contributed by atoms with Gasteiger partial charge in [0, 0.05) is 7.05 Å². The van der Waals surface area contributed by atoms with Crippen molar-refractivity contribution < 1.29 is 9.47 Å². The number of nitrogens with one attached hydrogen (secondary N) is 1. The van der Waals surface area contributed by atoms with Gasteiger partial charge in [0.2, 0.25) is 0 Å². The number of aryl methyl sites for hydroxylation is 2. The van der Waals surface area contributed by atoms with Gasteiger partial charge in [-0.2, -0.15) is 5.10 Å².